The summed E-state index contributed by atoms with van der Waals surface area (Å²) in [6.45, 7) is 0.543. The zero-order valence-electron chi connectivity index (χ0n) is 9.19. The van der Waals surface area contributed by atoms with Crippen molar-refractivity contribution in [3.8, 4) is 5.75 Å². The fourth-order valence-corrected chi connectivity index (χ4v) is 1.69. The molecule has 0 bridgehead atoms. The maximum absolute atomic E-state index is 5.66. The number of benzene rings is 2. The van der Waals surface area contributed by atoms with Crippen LogP contribution in [0, 0.1) is 0 Å². The van der Waals surface area contributed by atoms with E-state index in [1.54, 1.807) is 0 Å². The van der Waals surface area contributed by atoms with Crippen LogP contribution < -0.4 is 16.0 Å². The van der Waals surface area contributed by atoms with Crippen molar-refractivity contribution in [3.63, 3.8) is 0 Å². The number of hydrogen-bond acceptors (Lipinski definition) is 3. The third kappa shape index (κ3) is 3.47. The van der Waals surface area contributed by atoms with Crippen molar-refractivity contribution in [2.24, 2.45) is 5.84 Å². The molecule has 3 nitrogen and oxygen atoms in total. The van der Waals surface area contributed by atoms with Gasteiger partial charge in [0.25, 0.3) is 0 Å². The molecular weight excluding hydrogens is 280 g/mol. The molecule has 2 aromatic rings. The first-order valence-electron chi connectivity index (χ1n) is 5.22. The molecule has 0 aliphatic carbocycles. The quantitative estimate of drug-likeness (QED) is 0.671. The van der Waals surface area contributed by atoms with E-state index in [9.17, 15) is 0 Å². The number of nitrogens with one attached hydrogen (secondary N) is 1. The van der Waals surface area contributed by atoms with E-state index in [4.69, 9.17) is 10.6 Å². The van der Waals surface area contributed by atoms with Gasteiger partial charge in [-0.05, 0) is 29.8 Å². The highest BCUT2D eigenvalue weighted by Crippen LogP contribution is 2.18. The third-order valence-corrected chi connectivity index (χ3v) is 2.85. The molecule has 0 unspecified atom stereocenters. The van der Waals surface area contributed by atoms with Crippen LogP contribution in [0.5, 0.6) is 5.75 Å². The third-order valence-electron chi connectivity index (χ3n) is 2.32. The predicted octanol–water partition coefficient (Wildman–Crippen LogP) is 3.31. The van der Waals surface area contributed by atoms with E-state index in [1.807, 2.05) is 48.5 Å². The Morgan fingerprint density at radius 2 is 1.88 bits per heavy atom. The molecule has 2 aromatic carbocycles. The first-order valence-corrected chi connectivity index (χ1v) is 6.01. The minimum Gasteiger partial charge on any atom is -0.489 e. The molecule has 17 heavy (non-hydrogen) atoms. The first kappa shape index (κ1) is 12.0. The molecule has 0 aliphatic heterocycles. The molecule has 0 radical (unpaired) electrons. The number of hydrazine groups is 1. The van der Waals surface area contributed by atoms with Crippen molar-refractivity contribution in [1.82, 2.24) is 0 Å². The van der Waals surface area contributed by atoms with Crippen LogP contribution in [0.4, 0.5) is 5.69 Å². The molecule has 88 valence electrons. The van der Waals surface area contributed by atoms with Crippen LogP contribution in [0.2, 0.25) is 0 Å². The van der Waals surface area contributed by atoms with Gasteiger partial charge in [0.2, 0.25) is 0 Å². The Labute approximate surface area is 109 Å². The Bertz CT molecular complexity index is 485. The molecule has 4 heteroatoms. The molecule has 0 saturated heterocycles. The van der Waals surface area contributed by atoms with Gasteiger partial charge in [-0.2, -0.15) is 0 Å². The minimum absolute atomic E-state index is 0.543. The van der Waals surface area contributed by atoms with Gasteiger partial charge in [0.05, 0.1) is 5.69 Å². The predicted molar refractivity (Wildman–Crippen MR) is 72.7 cm³/mol. The zero-order chi connectivity index (χ0) is 12.1. The minimum atomic E-state index is 0.543. The fourth-order valence-electron chi connectivity index (χ4n) is 1.42. The van der Waals surface area contributed by atoms with Gasteiger partial charge >= 0.3 is 0 Å². The van der Waals surface area contributed by atoms with Crippen LogP contribution in [0.3, 0.4) is 0 Å². The summed E-state index contributed by atoms with van der Waals surface area (Å²) in [6.07, 6.45) is 0. The van der Waals surface area contributed by atoms with Gasteiger partial charge in [0, 0.05) is 10.5 Å². The number of rotatable bonds is 4. The average molecular weight is 293 g/mol. The Morgan fingerprint density at radius 1 is 1.12 bits per heavy atom. The van der Waals surface area contributed by atoms with Gasteiger partial charge in [0.1, 0.15) is 12.4 Å². The van der Waals surface area contributed by atoms with Crippen LogP contribution >= 0.6 is 15.9 Å². The second kappa shape index (κ2) is 5.70. The standard InChI is InChI=1S/C13H13BrN2O/c14-11-6-4-10(5-7-11)9-17-13-3-1-2-12(8-13)16-15/h1-8,16H,9,15H2. The SMILES string of the molecule is NNc1cccc(OCc2ccc(Br)cc2)c1. The lowest BCUT2D eigenvalue weighted by Gasteiger charge is -2.08. The van der Waals surface area contributed by atoms with E-state index in [-0.39, 0.29) is 0 Å². The highest BCUT2D eigenvalue weighted by atomic mass is 79.9. The van der Waals surface area contributed by atoms with Gasteiger partial charge in [-0.3, -0.25) is 5.84 Å². The average Bonchev–Trinajstić information content (AvgIpc) is 2.38. The van der Waals surface area contributed by atoms with Crippen molar-refractivity contribution in [2.45, 2.75) is 6.61 Å². The van der Waals surface area contributed by atoms with Crippen molar-refractivity contribution >= 4 is 21.6 Å². The number of halogens is 1. The van der Waals surface area contributed by atoms with Gasteiger partial charge in [0.15, 0.2) is 0 Å². The summed E-state index contributed by atoms with van der Waals surface area (Å²) in [5.74, 6) is 6.13. The maximum Gasteiger partial charge on any atom is 0.121 e. The van der Waals surface area contributed by atoms with Crippen LogP contribution in [-0.4, -0.2) is 0 Å². The van der Waals surface area contributed by atoms with Crippen molar-refractivity contribution < 1.29 is 4.74 Å². The molecule has 0 spiro atoms. The molecule has 0 amide bonds. The van der Waals surface area contributed by atoms with Gasteiger partial charge in [-0.25, -0.2) is 0 Å². The van der Waals surface area contributed by atoms with Crippen LogP contribution in [0.25, 0.3) is 0 Å². The summed E-state index contributed by atoms with van der Waals surface area (Å²) in [5.41, 5.74) is 4.54. The zero-order valence-corrected chi connectivity index (χ0v) is 10.8. The number of nitrogens with two attached hydrogens (primary N) is 1. The summed E-state index contributed by atoms with van der Waals surface area (Å²) in [7, 11) is 0. The lowest BCUT2D eigenvalue weighted by Crippen LogP contribution is -2.06. The largest absolute Gasteiger partial charge is 0.489 e. The summed E-state index contributed by atoms with van der Waals surface area (Å²) >= 11 is 3.40. The number of nitrogen functional groups attached to an aromatic ring is 1. The highest BCUT2D eigenvalue weighted by molar-refractivity contribution is 9.10. The van der Waals surface area contributed by atoms with E-state index in [1.165, 1.54) is 0 Å². The Morgan fingerprint density at radius 3 is 2.59 bits per heavy atom. The highest BCUT2D eigenvalue weighted by Gasteiger charge is 1.97. The van der Waals surface area contributed by atoms with Crippen molar-refractivity contribution in [1.29, 1.82) is 0 Å². The van der Waals surface area contributed by atoms with Crippen LogP contribution in [0.15, 0.2) is 53.0 Å². The molecule has 0 atom stereocenters. The second-order valence-corrected chi connectivity index (χ2v) is 4.50. The summed E-state index contributed by atoms with van der Waals surface area (Å²) in [6, 6.07) is 15.6. The monoisotopic (exact) mass is 292 g/mol. The Balaban J connectivity index is 1.99. The molecule has 3 N–H and O–H groups in total. The first-order chi connectivity index (χ1) is 8.28. The van der Waals surface area contributed by atoms with Gasteiger partial charge in [-0.15, -0.1) is 0 Å². The topological polar surface area (TPSA) is 47.3 Å². The molecule has 0 saturated carbocycles. The normalized spacial score (nSPS) is 10.0. The Kier molecular flexibility index (Phi) is 4.01. The summed E-state index contributed by atoms with van der Waals surface area (Å²) in [5, 5.41) is 0. The lowest BCUT2D eigenvalue weighted by atomic mass is 10.2. The van der Waals surface area contributed by atoms with E-state index >= 15 is 0 Å². The van der Waals surface area contributed by atoms with E-state index in [0.29, 0.717) is 6.61 Å². The van der Waals surface area contributed by atoms with E-state index < -0.39 is 0 Å². The van der Waals surface area contributed by atoms with Gasteiger partial charge < -0.3 is 10.2 Å². The summed E-state index contributed by atoms with van der Waals surface area (Å²) in [4.78, 5) is 0. The molecular formula is C13H13BrN2O. The van der Waals surface area contributed by atoms with Crippen LogP contribution in [-0.2, 0) is 6.61 Å². The molecule has 0 fully saturated rings. The van der Waals surface area contributed by atoms with Gasteiger partial charge in [-0.1, -0.05) is 34.1 Å². The molecule has 0 aliphatic rings. The Hall–Kier alpha value is -1.52. The number of hydrogen-bond donors (Lipinski definition) is 2. The van der Waals surface area contributed by atoms with Crippen molar-refractivity contribution in [3.05, 3.63) is 58.6 Å². The maximum atomic E-state index is 5.66. The molecule has 0 aromatic heterocycles. The number of anilines is 1. The fraction of sp³-hybridized carbons (Fsp3) is 0.0769. The number of ether oxygens (including phenoxy) is 1. The smallest absolute Gasteiger partial charge is 0.121 e. The molecule has 0 heterocycles. The van der Waals surface area contributed by atoms with E-state index in [0.717, 1.165) is 21.5 Å². The second-order valence-electron chi connectivity index (χ2n) is 3.59. The van der Waals surface area contributed by atoms with Crippen LogP contribution in [0.1, 0.15) is 5.56 Å². The lowest BCUT2D eigenvalue weighted by molar-refractivity contribution is 0.306. The van der Waals surface area contributed by atoms with E-state index in [2.05, 4.69) is 21.4 Å². The summed E-state index contributed by atoms with van der Waals surface area (Å²) < 4.78 is 6.73. The molecule has 2 rings (SSSR count). The van der Waals surface area contributed by atoms with Crippen molar-refractivity contribution in [2.75, 3.05) is 5.43 Å².